The topological polar surface area (TPSA) is 91.3 Å². The third-order valence-corrected chi connectivity index (χ3v) is 8.28. The second kappa shape index (κ2) is 8.87. The number of nitrogens with zero attached hydrogens (tertiary/aromatic N) is 3. The molecule has 2 fully saturated rings. The zero-order valence-electron chi connectivity index (χ0n) is 20.8. The predicted octanol–water partition coefficient (Wildman–Crippen LogP) is 5.06. The molecular weight excluding hydrogens is 432 g/mol. The fourth-order valence-corrected chi connectivity index (χ4v) is 6.25. The van der Waals surface area contributed by atoms with Crippen molar-refractivity contribution in [2.75, 3.05) is 11.9 Å². The number of ether oxygens (including phenoxy) is 1. The van der Waals surface area contributed by atoms with Crippen LogP contribution in [0.2, 0.25) is 0 Å². The van der Waals surface area contributed by atoms with Gasteiger partial charge >= 0.3 is 0 Å². The lowest BCUT2D eigenvalue weighted by atomic mass is 9.78. The molecule has 1 saturated heterocycles. The van der Waals surface area contributed by atoms with Gasteiger partial charge in [-0.1, -0.05) is 30.0 Å². The number of hydrogen-bond donors (Lipinski definition) is 1. The van der Waals surface area contributed by atoms with E-state index in [1.807, 2.05) is 30.3 Å². The van der Waals surface area contributed by atoms with Crippen molar-refractivity contribution in [3.63, 3.8) is 0 Å². The Hall–Kier alpha value is -2.61. The molecule has 5 rings (SSSR count). The van der Waals surface area contributed by atoms with Gasteiger partial charge in [0.2, 0.25) is 0 Å². The fourth-order valence-electron chi connectivity index (χ4n) is 6.25. The second-order valence-corrected chi connectivity index (χ2v) is 10.4. The summed E-state index contributed by atoms with van der Waals surface area (Å²) in [5.41, 5.74) is 4.23. The van der Waals surface area contributed by atoms with Crippen LogP contribution in [0, 0.1) is 13.8 Å². The highest BCUT2D eigenvalue weighted by Gasteiger charge is 2.39. The summed E-state index contributed by atoms with van der Waals surface area (Å²) in [6.45, 7) is 6.71. The first-order valence-electron chi connectivity index (χ1n) is 12.7. The van der Waals surface area contributed by atoms with Crippen LogP contribution in [0.4, 0.5) is 5.69 Å². The van der Waals surface area contributed by atoms with E-state index < -0.39 is 5.91 Å². The van der Waals surface area contributed by atoms with Gasteiger partial charge in [0.05, 0.1) is 17.3 Å². The van der Waals surface area contributed by atoms with Crippen LogP contribution >= 0.6 is 0 Å². The Morgan fingerprint density at radius 2 is 1.88 bits per heavy atom. The summed E-state index contributed by atoms with van der Waals surface area (Å²) < 4.78 is 15.5. The molecule has 8 heteroatoms. The average Bonchev–Trinajstić information content (AvgIpc) is 3.49. The molecule has 1 atom stereocenters. The van der Waals surface area contributed by atoms with Crippen LogP contribution in [-0.2, 0) is 11.8 Å². The standard InChI is InChI=1S/C26H36N4O4/c1-16-15-26(12-8-14-33-26)13-11-20(16)23-17(2)21(28-34-23)24(31)27-22-18(3)29(4)30(25(22)32)19-9-6-5-7-10-19/h19H,5-15H2,1-4H3,(H,27,31). The molecule has 1 N–H and O–H groups in total. The molecule has 2 aromatic heterocycles. The second-order valence-electron chi connectivity index (χ2n) is 10.4. The van der Waals surface area contributed by atoms with Crippen LogP contribution in [0.15, 0.2) is 14.9 Å². The highest BCUT2D eigenvalue weighted by Crippen LogP contribution is 2.45. The number of allylic oxidation sites excluding steroid dienone is 1. The van der Waals surface area contributed by atoms with Crippen LogP contribution < -0.4 is 10.9 Å². The molecule has 184 valence electrons. The molecule has 3 aliphatic rings. The summed E-state index contributed by atoms with van der Waals surface area (Å²) in [4.78, 5) is 26.4. The van der Waals surface area contributed by atoms with Crippen molar-refractivity contribution in [1.82, 2.24) is 14.5 Å². The first-order valence-corrected chi connectivity index (χ1v) is 12.7. The molecular formula is C26H36N4O4. The number of hydrogen-bond acceptors (Lipinski definition) is 5. The van der Waals surface area contributed by atoms with Crippen molar-refractivity contribution >= 4 is 17.2 Å². The molecule has 1 unspecified atom stereocenters. The van der Waals surface area contributed by atoms with Crippen molar-refractivity contribution in [2.45, 2.75) is 96.6 Å². The monoisotopic (exact) mass is 468 g/mol. The molecule has 3 heterocycles. The van der Waals surface area contributed by atoms with Crippen molar-refractivity contribution < 1.29 is 14.1 Å². The first kappa shape index (κ1) is 23.1. The summed E-state index contributed by atoms with van der Waals surface area (Å²) in [5.74, 6) is 0.277. The van der Waals surface area contributed by atoms with Crippen LogP contribution in [-0.4, -0.2) is 32.6 Å². The summed E-state index contributed by atoms with van der Waals surface area (Å²) in [6, 6.07) is 0.185. The van der Waals surface area contributed by atoms with E-state index in [0.29, 0.717) is 11.4 Å². The average molecular weight is 469 g/mol. The smallest absolute Gasteiger partial charge is 0.291 e. The number of carbonyl (C=O) groups is 1. The van der Waals surface area contributed by atoms with E-state index in [1.54, 1.807) is 0 Å². The number of amides is 1. The van der Waals surface area contributed by atoms with E-state index in [0.717, 1.165) is 81.2 Å². The number of carbonyl (C=O) groups excluding carboxylic acids is 1. The van der Waals surface area contributed by atoms with Crippen LogP contribution in [0.1, 0.15) is 105 Å². The van der Waals surface area contributed by atoms with E-state index in [9.17, 15) is 9.59 Å². The fraction of sp³-hybridized carbons (Fsp3) is 0.654. The summed E-state index contributed by atoms with van der Waals surface area (Å²) in [6.07, 6.45) is 10.4. The Balaban J connectivity index is 1.39. The molecule has 1 saturated carbocycles. The zero-order chi connectivity index (χ0) is 24.0. The Morgan fingerprint density at radius 1 is 1.12 bits per heavy atom. The minimum absolute atomic E-state index is 0.0230. The van der Waals surface area contributed by atoms with Gasteiger partial charge in [0, 0.05) is 19.2 Å². The Bertz CT molecular complexity index is 1190. The molecule has 1 spiro atoms. The number of aromatic nitrogens is 3. The lowest BCUT2D eigenvalue weighted by molar-refractivity contribution is -0.00422. The Labute approximate surface area is 200 Å². The van der Waals surface area contributed by atoms with E-state index in [-0.39, 0.29) is 22.9 Å². The first-order chi connectivity index (χ1) is 16.3. The lowest BCUT2D eigenvalue weighted by Crippen LogP contribution is -2.31. The molecule has 34 heavy (non-hydrogen) atoms. The Kier molecular flexibility index (Phi) is 6.04. The highest BCUT2D eigenvalue weighted by molar-refractivity contribution is 6.04. The van der Waals surface area contributed by atoms with Crippen LogP contribution in [0.25, 0.3) is 5.57 Å². The van der Waals surface area contributed by atoms with Gasteiger partial charge in [-0.25, -0.2) is 4.68 Å². The molecule has 0 aromatic carbocycles. The van der Waals surface area contributed by atoms with Crippen molar-refractivity contribution in [3.05, 3.63) is 38.6 Å². The zero-order valence-corrected chi connectivity index (χ0v) is 20.8. The normalized spacial score (nSPS) is 23.8. The lowest BCUT2D eigenvalue weighted by Gasteiger charge is -2.34. The minimum Gasteiger partial charge on any atom is -0.375 e. The Morgan fingerprint density at radius 3 is 2.56 bits per heavy atom. The number of anilines is 1. The number of nitrogens with one attached hydrogen (secondary N) is 1. The third-order valence-electron chi connectivity index (χ3n) is 8.28. The summed E-state index contributed by atoms with van der Waals surface area (Å²) >= 11 is 0. The minimum atomic E-state index is -0.404. The van der Waals surface area contributed by atoms with Gasteiger partial charge < -0.3 is 14.6 Å². The molecule has 2 aliphatic carbocycles. The van der Waals surface area contributed by atoms with Crippen molar-refractivity contribution in [2.24, 2.45) is 7.05 Å². The van der Waals surface area contributed by atoms with Gasteiger partial charge in [-0.15, -0.1) is 0 Å². The van der Waals surface area contributed by atoms with Gasteiger partial charge in [0.1, 0.15) is 5.69 Å². The molecule has 8 nitrogen and oxygen atoms in total. The van der Waals surface area contributed by atoms with E-state index >= 15 is 0 Å². The van der Waals surface area contributed by atoms with E-state index in [2.05, 4.69) is 17.4 Å². The van der Waals surface area contributed by atoms with Gasteiger partial charge in [-0.3, -0.25) is 14.3 Å². The van der Waals surface area contributed by atoms with Gasteiger partial charge in [-0.05, 0) is 71.3 Å². The van der Waals surface area contributed by atoms with Crippen molar-refractivity contribution in [3.8, 4) is 0 Å². The largest absolute Gasteiger partial charge is 0.375 e. The van der Waals surface area contributed by atoms with E-state index in [4.69, 9.17) is 9.26 Å². The number of rotatable bonds is 4. The van der Waals surface area contributed by atoms with Gasteiger partial charge in [-0.2, -0.15) is 0 Å². The van der Waals surface area contributed by atoms with Crippen LogP contribution in [0.3, 0.4) is 0 Å². The molecule has 0 bridgehead atoms. The SMILES string of the molecule is CC1=C(c2onc(C(=O)Nc3c(C)n(C)n(C4CCCCC4)c3=O)c2C)CCC2(CCCO2)C1. The third kappa shape index (κ3) is 3.85. The highest BCUT2D eigenvalue weighted by atomic mass is 16.5. The quantitative estimate of drug-likeness (QED) is 0.678. The molecule has 1 aliphatic heterocycles. The van der Waals surface area contributed by atoms with E-state index in [1.165, 1.54) is 12.0 Å². The van der Waals surface area contributed by atoms with Gasteiger partial charge in [0.15, 0.2) is 11.5 Å². The molecule has 1 amide bonds. The van der Waals surface area contributed by atoms with Crippen molar-refractivity contribution in [1.29, 1.82) is 0 Å². The summed E-state index contributed by atoms with van der Waals surface area (Å²) in [7, 11) is 1.89. The predicted molar refractivity (Wildman–Crippen MR) is 130 cm³/mol. The molecule has 0 radical (unpaired) electrons. The maximum atomic E-state index is 13.2. The molecule has 2 aromatic rings. The maximum absolute atomic E-state index is 13.2. The van der Waals surface area contributed by atoms with Crippen LogP contribution in [0.5, 0.6) is 0 Å². The summed E-state index contributed by atoms with van der Waals surface area (Å²) in [5, 5.41) is 6.97. The van der Waals surface area contributed by atoms with Gasteiger partial charge in [0.25, 0.3) is 11.5 Å². The maximum Gasteiger partial charge on any atom is 0.291 e.